The standard InChI is InChI=1S/C26H30N2O4/c1-2-3-4-5-6-16-31-23-14-12-20(13-15-23)26(30)28-22-10-7-9-21(18-22)25(29)27-19-24-11-8-17-32-24/h7-15,17-18H,2-6,16,19H2,1H3,(H,27,29)(H,28,30). The summed E-state index contributed by atoms with van der Waals surface area (Å²) in [6.45, 7) is 3.19. The molecule has 2 aromatic carbocycles. The number of carbonyl (C=O) groups is 2. The van der Waals surface area contributed by atoms with Crippen LogP contribution >= 0.6 is 0 Å². The molecule has 0 aliphatic rings. The quantitative estimate of drug-likeness (QED) is 0.353. The Balaban J connectivity index is 1.48. The van der Waals surface area contributed by atoms with E-state index < -0.39 is 0 Å². The average Bonchev–Trinajstić information content (AvgIpc) is 3.34. The maximum Gasteiger partial charge on any atom is 0.255 e. The van der Waals surface area contributed by atoms with Gasteiger partial charge in [0.2, 0.25) is 0 Å². The number of rotatable bonds is 12. The highest BCUT2D eigenvalue weighted by molar-refractivity contribution is 6.05. The highest BCUT2D eigenvalue weighted by atomic mass is 16.5. The molecule has 0 saturated carbocycles. The number of carbonyl (C=O) groups excluding carboxylic acids is 2. The molecule has 32 heavy (non-hydrogen) atoms. The summed E-state index contributed by atoms with van der Waals surface area (Å²) in [7, 11) is 0. The molecule has 0 aliphatic heterocycles. The number of benzene rings is 2. The SMILES string of the molecule is CCCCCCCOc1ccc(C(=O)Nc2cccc(C(=O)NCc3ccco3)c2)cc1. The molecule has 0 saturated heterocycles. The Morgan fingerprint density at radius 2 is 1.69 bits per heavy atom. The van der Waals surface area contributed by atoms with Gasteiger partial charge in [-0.1, -0.05) is 38.7 Å². The molecule has 6 nitrogen and oxygen atoms in total. The van der Waals surface area contributed by atoms with Gasteiger partial charge in [0.25, 0.3) is 11.8 Å². The molecule has 0 spiro atoms. The average molecular weight is 435 g/mol. The minimum atomic E-state index is -0.246. The number of anilines is 1. The van der Waals surface area contributed by atoms with Crippen LogP contribution in [0.5, 0.6) is 5.75 Å². The normalized spacial score (nSPS) is 10.5. The van der Waals surface area contributed by atoms with Crippen LogP contribution in [0.15, 0.2) is 71.3 Å². The Hall–Kier alpha value is -3.54. The van der Waals surface area contributed by atoms with Crippen LogP contribution in [-0.2, 0) is 6.54 Å². The summed E-state index contributed by atoms with van der Waals surface area (Å²) in [5.41, 5.74) is 1.53. The molecule has 0 unspecified atom stereocenters. The fraction of sp³-hybridized carbons (Fsp3) is 0.308. The maximum absolute atomic E-state index is 12.6. The summed E-state index contributed by atoms with van der Waals surface area (Å²) in [5.74, 6) is 0.942. The number of nitrogens with one attached hydrogen (secondary N) is 2. The van der Waals surface area contributed by atoms with Crippen molar-refractivity contribution in [2.75, 3.05) is 11.9 Å². The first-order valence-electron chi connectivity index (χ1n) is 11.1. The molecule has 1 heterocycles. The van der Waals surface area contributed by atoms with Crippen molar-refractivity contribution < 1.29 is 18.7 Å². The summed E-state index contributed by atoms with van der Waals surface area (Å²) in [6.07, 6.45) is 7.51. The van der Waals surface area contributed by atoms with Crippen molar-refractivity contribution in [1.29, 1.82) is 0 Å². The van der Waals surface area contributed by atoms with Gasteiger partial charge in [0, 0.05) is 16.8 Å². The molecule has 6 heteroatoms. The van der Waals surface area contributed by atoms with Gasteiger partial charge in [-0.05, 0) is 61.0 Å². The van der Waals surface area contributed by atoms with Crippen molar-refractivity contribution in [1.82, 2.24) is 5.32 Å². The molecule has 2 N–H and O–H groups in total. The Labute approximate surface area is 189 Å². The first-order chi connectivity index (χ1) is 15.7. The summed E-state index contributed by atoms with van der Waals surface area (Å²) in [5, 5.41) is 5.63. The number of furan rings is 1. The van der Waals surface area contributed by atoms with Gasteiger partial charge in [0.1, 0.15) is 11.5 Å². The molecule has 0 radical (unpaired) electrons. The van der Waals surface area contributed by atoms with Gasteiger partial charge in [-0.15, -0.1) is 0 Å². The number of hydrogen-bond acceptors (Lipinski definition) is 4. The predicted molar refractivity (Wildman–Crippen MR) is 125 cm³/mol. The van der Waals surface area contributed by atoms with Gasteiger partial charge in [-0.3, -0.25) is 9.59 Å². The van der Waals surface area contributed by atoms with Crippen LogP contribution in [0.1, 0.15) is 65.5 Å². The monoisotopic (exact) mass is 434 g/mol. The van der Waals surface area contributed by atoms with E-state index in [1.54, 1.807) is 66.9 Å². The van der Waals surface area contributed by atoms with E-state index in [9.17, 15) is 9.59 Å². The molecular weight excluding hydrogens is 404 g/mol. The molecule has 0 fully saturated rings. The van der Waals surface area contributed by atoms with Gasteiger partial charge in [0.15, 0.2) is 0 Å². The largest absolute Gasteiger partial charge is 0.494 e. The summed E-state index contributed by atoms with van der Waals surface area (Å²) >= 11 is 0. The van der Waals surface area contributed by atoms with Crippen LogP contribution in [0.4, 0.5) is 5.69 Å². The lowest BCUT2D eigenvalue weighted by atomic mass is 10.1. The highest BCUT2D eigenvalue weighted by Crippen LogP contribution is 2.16. The van der Waals surface area contributed by atoms with Gasteiger partial charge >= 0.3 is 0 Å². The summed E-state index contributed by atoms with van der Waals surface area (Å²) in [6, 6.07) is 17.5. The van der Waals surface area contributed by atoms with Gasteiger partial charge < -0.3 is 19.8 Å². The van der Waals surface area contributed by atoms with Crippen LogP contribution in [0.2, 0.25) is 0 Å². The van der Waals surface area contributed by atoms with Crippen LogP contribution < -0.4 is 15.4 Å². The predicted octanol–water partition coefficient (Wildman–Crippen LogP) is 5.81. The van der Waals surface area contributed by atoms with Crippen LogP contribution in [-0.4, -0.2) is 18.4 Å². The zero-order valence-electron chi connectivity index (χ0n) is 18.4. The van der Waals surface area contributed by atoms with Gasteiger partial charge in [-0.25, -0.2) is 0 Å². The lowest BCUT2D eigenvalue weighted by Crippen LogP contribution is -2.22. The van der Waals surface area contributed by atoms with Crippen LogP contribution in [0.25, 0.3) is 0 Å². The van der Waals surface area contributed by atoms with E-state index in [2.05, 4.69) is 17.6 Å². The number of hydrogen-bond donors (Lipinski definition) is 2. The first-order valence-corrected chi connectivity index (χ1v) is 11.1. The first kappa shape index (κ1) is 23.1. The Kier molecular flexibility index (Phi) is 8.92. The molecule has 0 bridgehead atoms. The molecule has 2 amide bonds. The summed E-state index contributed by atoms with van der Waals surface area (Å²) in [4.78, 5) is 24.9. The van der Waals surface area contributed by atoms with Crippen LogP contribution in [0, 0.1) is 0 Å². The Morgan fingerprint density at radius 1 is 0.875 bits per heavy atom. The van der Waals surface area contributed by atoms with Crippen LogP contribution in [0.3, 0.4) is 0 Å². The third-order valence-electron chi connectivity index (χ3n) is 5.02. The maximum atomic E-state index is 12.6. The highest BCUT2D eigenvalue weighted by Gasteiger charge is 2.10. The zero-order valence-corrected chi connectivity index (χ0v) is 18.4. The summed E-state index contributed by atoms with van der Waals surface area (Å²) < 4.78 is 11.0. The smallest absolute Gasteiger partial charge is 0.255 e. The molecule has 1 aromatic heterocycles. The molecule has 0 atom stereocenters. The van der Waals surface area contributed by atoms with Gasteiger partial charge in [-0.2, -0.15) is 0 Å². The van der Waals surface area contributed by atoms with E-state index in [1.807, 2.05) is 0 Å². The zero-order chi connectivity index (χ0) is 22.6. The second-order valence-corrected chi connectivity index (χ2v) is 7.58. The fourth-order valence-electron chi connectivity index (χ4n) is 3.22. The van der Waals surface area contributed by atoms with Crippen molar-refractivity contribution in [2.24, 2.45) is 0 Å². The van der Waals surface area contributed by atoms with E-state index in [4.69, 9.17) is 9.15 Å². The molecule has 3 aromatic rings. The van der Waals surface area contributed by atoms with E-state index >= 15 is 0 Å². The van der Waals surface area contributed by atoms with E-state index in [-0.39, 0.29) is 11.8 Å². The Bertz CT molecular complexity index is 981. The van der Waals surface area contributed by atoms with Crippen molar-refractivity contribution >= 4 is 17.5 Å². The van der Waals surface area contributed by atoms with Crippen molar-refractivity contribution in [3.05, 3.63) is 83.8 Å². The molecular formula is C26H30N2O4. The van der Waals surface area contributed by atoms with E-state index in [0.29, 0.717) is 35.7 Å². The second kappa shape index (κ2) is 12.3. The minimum Gasteiger partial charge on any atom is -0.494 e. The van der Waals surface area contributed by atoms with E-state index in [0.717, 1.165) is 12.2 Å². The lowest BCUT2D eigenvalue weighted by Gasteiger charge is -2.09. The number of unbranched alkanes of at least 4 members (excludes halogenated alkanes) is 4. The molecule has 3 rings (SSSR count). The topological polar surface area (TPSA) is 80.6 Å². The third kappa shape index (κ3) is 7.30. The number of ether oxygens (including phenoxy) is 1. The fourth-order valence-corrected chi connectivity index (χ4v) is 3.22. The second-order valence-electron chi connectivity index (χ2n) is 7.58. The minimum absolute atomic E-state index is 0.242. The van der Waals surface area contributed by atoms with E-state index in [1.165, 1.54) is 25.7 Å². The third-order valence-corrected chi connectivity index (χ3v) is 5.02. The molecule has 168 valence electrons. The number of amides is 2. The Morgan fingerprint density at radius 3 is 2.44 bits per heavy atom. The van der Waals surface area contributed by atoms with Crippen molar-refractivity contribution in [3.63, 3.8) is 0 Å². The molecule has 0 aliphatic carbocycles. The lowest BCUT2D eigenvalue weighted by molar-refractivity contribution is 0.0946. The van der Waals surface area contributed by atoms with Crippen molar-refractivity contribution in [2.45, 2.75) is 45.6 Å². The van der Waals surface area contributed by atoms with Crippen molar-refractivity contribution in [3.8, 4) is 5.75 Å². The van der Waals surface area contributed by atoms with Gasteiger partial charge in [0.05, 0.1) is 19.4 Å².